The van der Waals surface area contributed by atoms with Crippen LogP contribution < -0.4 is 4.74 Å². The third-order valence-electron chi connectivity index (χ3n) is 2.98. The van der Waals surface area contributed by atoms with Crippen molar-refractivity contribution in [2.75, 3.05) is 20.2 Å². The van der Waals surface area contributed by atoms with Crippen molar-refractivity contribution in [3.63, 3.8) is 0 Å². The third kappa shape index (κ3) is 3.40. The molecule has 0 saturated carbocycles. The van der Waals surface area contributed by atoms with E-state index in [1.165, 1.54) is 16.2 Å². The summed E-state index contributed by atoms with van der Waals surface area (Å²) in [6, 6.07) is 0. The topological polar surface area (TPSA) is 71.9 Å². The fourth-order valence-electron chi connectivity index (χ4n) is 2.08. The van der Waals surface area contributed by atoms with Gasteiger partial charge in [0.2, 0.25) is 0 Å². The van der Waals surface area contributed by atoms with Crippen LogP contribution in [0.1, 0.15) is 31.6 Å². The Bertz CT molecular complexity index is 483. The number of thiazole rings is 1. The number of β-amino-alcohol motifs (C(OH)–C–C–N with tert-alkyl or cyclic N) is 1. The summed E-state index contributed by atoms with van der Waals surface area (Å²) >= 11 is 1.39. The fraction of sp³-hybridized carbons (Fsp3) is 0.692. The molecule has 1 N–H and O–H groups in total. The van der Waals surface area contributed by atoms with Crippen LogP contribution in [0.3, 0.4) is 0 Å². The number of aliphatic hydroxyl groups excluding tert-OH is 1. The number of rotatable bonds is 2. The Kier molecular flexibility index (Phi) is 4.19. The first-order chi connectivity index (χ1) is 9.30. The van der Waals surface area contributed by atoms with E-state index in [9.17, 15) is 9.90 Å². The maximum atomic E-state index is 12.0. The largest absolute Gasteiger partial charge is 0.473 e. The molecule has 2 heterocycles. The van der Waals surface area contributed by atoms with Crippen LogP contribution in [-0.2, 0) is 4.74 Å². The predicted octanol–water partition coefficient (Wildman–Crippen LogP) is 1.85. The van der Waals surface area contributed by atoms with Gasteiger partial charge in [-0.15, -0.1) is 0 Å². The molecular formula is C13H20N2O4S. The van der Waals surface area contributed by atoms with E-state index in [4.69, 9.17) is 9.47 Å². The lowest BCUT2D eigenvalue weighted by molar-refractivity contribution is 0.0270. The molecular weight excluding hydrogens is 280 g/mol. The fourth-order valence-corrected chi connectivity index (χ4v) is 2.96. The summed E-state index contributed by atoms with van der Waals surface area (Å²) in [6.45, 7) is 6.18. The van der Waals surface area contributed by atoms with Gasteiger partial charge in [-0.3, -0.25) is 0 Å². The number of amides is 1. The zero-order valence-corrected chi connectivity index (χ0v) is 12.9. The number of aliphatic hydroxyl groups is 1. The van der Waals surface area contributed by atoms with Crippen molar-refractivity contribution in [2.45, 2.75) is 38.4 Å². The minimum absolute atomic E-state index is 0.135. The molecule has 6 nitrogen and oxygen atoms in total. The molecule has 0 bridgehead atoms. The smallest absolute Gasteiger partial charge is 0.410 e. The van der Waals surface area contributed by atoms with Crippen molar-refractivity contribution < 1.29 is 19.4 Å². The average molecular weight is 300 g/mol. The van der Waals surface area contributed by atoms with E-state index in [-0.39, 0.29) is 12.5 Å². The molecule has 1 aliphatic rings. The van der Waals surface area contributed by atoms with E-state index >= 15 is 0 Å². The standard InChI is InChI=1S/C13H20N2O4S/c1-13(2,3)19-12(17)15-6-8(9(16)7-15)10-5-14-11(18-4)20-10/h5,8-9,16H,6-7H2,1-4H3/t8-,9-/m1/s1. The normalized spacial score (nSPS) is 22.9. The van der Waals surface area contributed by atoms with Gasteiger partial charge in [-0.2, -0.15) is 0 Å². The first-order valence-corrected chi connectivity index (χ1v) is 7.27. The van der Waals surface area contributed by atoms with Gasteiger partial charge < -0.3 is 19.5 Å². The Balaban J connectivity index is 2.03. The van der Waals surface area contributed by atoms with Gasteiger partial charge in [-0.05, 0) is 20.8 Å². The molecule has 1 fully saturated rings. The average Bonchev–Trinajstić information content (AvgIpc) is 2.92. The molecule has 1 aromatic heterocycles. The Labute approximate surface area is 122 Å². The summed E-state index contributed by atoms with van der Waals surface area (Å²) < 4.78 is 10.4. The molecule has 0 unspecified atom stereocenters. The molecule has 20 heavy (non-hydrogen) atoms. The number of hydrogen-bond donors (Lipinski definition) is 1. The first kappa shape index (κ1) is 15.1. The Morgan fingerprint density at radius 2 is 2.20 bits per heavy atom. The van der Waals surface area contributed by atoms with Gasteiger partial charge in [0.1, 0.15) is 5.60 Å². The van der Waals surface area contributed by atoms with Crippen LogP contribution >= 0.6 is 11.3 Å². The van der Waals surface area contributed by atoms with Gasteiger partial charge in [0.25, 0.3) is 5.19 Å². The van der Waals surface area contributed by atoms with Crippen molar-refractivity contribution in [3.8, 4) is 5.19 Å². The number of ether oxygens (including phenoxy) is 2. The van der Waals surface area contributed by atoms with Crippen LogP contribution in [0.5, 0.6) is 5.19 Å². The van der Waals surface area contributed by atoms with Gasteiger partial charge in [-0.1, -0.05) is 11.3 Å². The highest BCUT2D eigenvalue weighted by molar-refractivity contribution is 7.13. The number of carbonyl (C=O) groups is 1. The maximum absolute atomic E-state index is 12.0. The van der Waals surface area contributed by atoms with E-state index in [2.05, 4.69) is 4.98 Å². The van der Waals surface area contributed by atoms with Crippen molar-refractivity contribution in [3.05, 3.63) is 11.1 Å². The first-order valence-electron chi connectivity index (χ1n) is 6.46. The Morgan fingerprint density at radius 1 is 1.50 bits per heavy atom. The highest BCUT2D eigenvalue weighted by Gasteiger charge is 2.38. The van der Waals surface area contributed by atoms with Gasteiger partial charge in [0.15, 0.2) is 0 Å². The number of likely N-dealkylation sites (tertiary alicyclic amines) is 1. The quantitative estimate of drug-likeness (QED) is 0.902. The van der Waals surface area contributed by atoms with Crippen LogP contribution in [0, 0.1) is 0 Å². The number of aromatic nitrogens is 1. The maximum Gasteiger partial charge on any atom is 0.410 e. The lowest BCUT2D eigenvalue weighted by Gasteiger charge is -2.24. The van der Waals surface area contributed by atoms with Crippen molar-refractivity contribution in [2.24, 2.45) is 0 Å². The molecule has 1 aliphatic heterocycles. The molecule has 0 aromatic carbocycles. The zero-order valence-electron chi connectivity index (χ0n) is 12.1. The van der Waals surface area contributed by atoms with Crippen molar-refractivity contribution >= 4 is 17.4 Å². The second-order valence-corrected chi connectivity index (χ2v) is 6.82. The van der Waals surface area contributed by atoms with E-state index in [0.29, 0.717) is 11.7 Å². The number of carbonyl (C=O) groups excluding carboxylic acids is 1. The minimum atomic E-state index is -0.604. The highest BCUT2D eigenvalue weighted by Crippen LogP contribution is 2.34. The van der Waals surface area contributed by atoms with E-state index in [1.807, 2.05) is 20.8 Å². The van der Waals surface area contributed by atoms with Gasteiger partial charge in [0.05, 0.1) is 19.8 Å². The SMILES string of the molecule is COc1ncc([C@@H]2CN(C(=O)OC(C)(C)C)C[C@H]2O)s1. The highest BCUT2D eigenvalue weighted by atomic mass is 32.1. The van der Waals surface area contributed by atoms with E-state index in [1.54, 1.807) is 13.3 Å². The lowest BCUT2D eigenvalue weighted by Crippen LogP contribution is -2.35. The molecule has 112 valence electrons. The van der Waals surface area contributed by atoms with Crippen molar-refractivity contribution in [1.29, 1.82) is 0 Å². The molecule has 0 radical (unpaired) electrons. The molecule has 2 rings (SSSR count). The Hall–Kier alpha value is -1.34. The van der Waals surface area contributed by atoms with Gasteiger partial charge >= 0.3 is 6.09 Å². The van der Waals surface area contributed by atoms with Crippen LogP contribution in [0.2, 0.25) is 0 Å². The second-order valence-electron chi connectivity index (χ2n) is 5.79. The summed E-state index contributed by atoms with van der Waals surface area (Å²) in [6.07, 6.45) is 0.693. The minimum Gasteiger partial charge on any atom is -0.473 e. The molecule has 7 heteroatoms. The molecule has 0 aliphatic carbocycles. The third-order valence-corrected chi connectivity index (χ3v) is 4.07. The molecule has 2 atom stereocenters. The second kappa shape index (κ2) is 5.57. The van der Waals surface area contributed by atoms with Gasteiger partial charge in [0, 0.05) is 23.5 Å². The molecule has 1 amide bonds. The van der Waals surface area contributed by atoms with Gasteiger partial charge in [-0.25, -0.2) is 9.78 Å². The number of nitrogens with zero attached hydrogens (tertiary/aromatic N) is 2. The number of hydrogen-bond acceptors (Lipinski definition) is 6. The monoisotopic (exact) mass is 300 g/mol. The molecule has 1 aromatic rings. The summed E-state index contributed by atoms with van der Waals surface area (Å²) in [4.78, 5) is 18.5. The Morgan fingerprint density at radius 3 is 2.75 bits per heavy atom. The summed E-state index contributed by atoms with van der Waals surface area (Å²) in [5, 5.41) is 10.7. The molecule has 1 saturated heterocycles. The number of methoxy groups -OCH3 is 1. The van der Waals surface area contributed by atoms with Crippen LogP contribution in [0.4, 0.5) is 4.79 Å². The molecule has 0 spiro atoms. The van der Waals surface area contributed by atoms with Crippen molar-refractivity contribution in [1.82, 2.24) is 9.88 Å². The van der Waals surface area contributed by atoms with Crippen LogP contribution in [-0.4, -0.2) is 53.0 Å². The van der Waals surface area contributed by atoms with Crippen LogP contribution in [0.25, 0.3) is 0 Å². The zero-order chi connectivity index (χ0) is 14.9. The van der Waals surface area contributed by atoms with E-state index in [0.717, 1.165) is 4.88 Å². The predicted molar refractivity (Wildman–Crippen MR) is 75.2 cm³/mol. The lowest BCUT2D eigenvalue weighted by atomic mass is 10.1. The van der Waals surface area contributed by atoms with E-state index < -0.39 is 17.8 Å². The van der Waals surface area contributed by atoms with Crippen LogP contribution in [0.15, 0.2) is 6.20 Å². The summed E-state index contributed by atoms with van der Waals surface area (Å²) in [5.41, 5.74) is -0.534. The summed E-state index contributed by atoms with van der Waals surface area (Å²) in [7, 11) is 1.56. The summed E-state index contributed by atoms with van der Waals surface area (Å²) in [5.74, 6) is -0.135.